The van der Waals surface area contributed by atoms with Gasteiger partial charge < -0.3 is 10.1 Å². The lowest BCUT2D eigenvalue weighted by molar-refractivity contribution is -0.0275. The van der Waals surface area contributed by atoms with Crippen molar-refractivity contribution in [2.45, 2.75) is 44.7 Å². The summed E-state index contributed by atoms with van der Waals surface area (Å²) in [5.74, 6) is 0. The van der Waals surface area contributed by atoms with Crippen molar-refractivity contribution in [2.24, 2.45) is 5.41 Å². The van der Waals surface area contributed by atoms with Gasteiger partial charge in [-0.25, -0.2) is 0 Å². The lowest BCUT2D eigenvalue weighted by Crippen LogP contribution is -2.49. The van der Waals surface area contributed by atoms with Crippen LogP contribution in [0.25, 0.3) is 0 Å². The van der Waals surface area contributed by atoms with Gasteiger partial charge >= 0.3 is 0 Å². The SMILES string of the molecule is CC(c1cccs1)N(C)CC1(CNC2CC2)CCCOC1. The van der Waals surface area contributed by atoms with Crippen LogP contribution in [-0.2, 0) is 4.74 Å². The first-order valence-corrected chi connectivity index (χ1v) is 9.11. The molecule has 1 aromatic rings. The summed E-state index contributed by atoms with van der Waals surface area (Å²) in [6, 6.07) is 5.67. The van der Waals surface area contributed by atoms with E-state index in [-0.39, 0.29) is 0 Å². The molecular formula is C17H28N2OS. The number of hydrogen-bond acceptors (Lipinski definition) is 4. The van der Waals surface area contributed by atoms with Crippen LogP contribution in [0.4, 0.5) is 0 Å². The molecule has 1 aliphatic heterocycles. The highest BCUT2D eigenvalue weighted by Crippen LogP contribution is 2.33. The van der Waals surface area contributed by atoms with E-state index < -0.39 is 0 Å². The quantitative estimate of drug-likeness (QED) is 0.836. The number of rotatable bonds is 7. The van der Waals surface area contributed by atoms with E-state index in [0.717, 1.165) is 32.3 Å². The highest BCUT2D eigenvalue weighted by atomic mass is 32.1. The largest absolute Gasteiger partial charge is 0.381 e. The molecule has 3 rings (SSSR count). The Hall–Kier alpha value is -0.420. The fraction of sp³-hybridized carbons (Fsp3) is 0.765. The van der Waals surface area contributed by atoms with Gasteiger partial charge in [0.25, 0.3) is 0 Å². The van der Waals surface area contributed by atoms with Crippen molar-refractivity contribution < 1.29 is 4.74 Å². The minimum atomic E-state index is 0.293. The van der Waals surface area contributed by atoms with E-state index in [1.165, 1.54) is 30.6 Å². The highest BCUT2D eigenvalue weighted by molar-refractivity contribution is 7.10. The van der Waals surface area contributed by atoms with Crippen LogP contribution in [0.15, 0.2) is 17.5 Å². The molecule has 2 aliphatic rings. The minimum Gasteiger partial charge on any atom is -0.381 e. The van der Waals surface area contributed by atoms with Gasteiger partial charge in [0.2, 0.25) is 0 Å². The summed E-state index contributed by atoms with van der Waals surface area (Å²) in [5.41, 5.74) is 0.293. The van der Waals surface area contributed by atoms with Crippen LogP contribution in [0, 0.1) is 5.41 Å². The first-order chi connectivity index (χ1) is 10.2. The number of nitrogens with one attached hydrogen (secondary N) is 1. The molecular weight excluding hydrogens is 280 g/mol. The zero-order valence-corrected chi connectivity index (χ0v) is 14.1. The van der Waals surface area contributed by atoms with Gasteiger partial charge in [-0.05, 0) is 51.1 Å². The van der Waals surface area contributed by atoms with E-state index in [2.05, 4.69) is 41.7 Å². The summed E-state index contributed by atoms with van der Waals surface area (Å²) in [7, 11) is 2.26. The van der Waals surface area contributed by atoms with Crippen LogP contribution in [0.5, 0.6) is 0 Å². The summed E-state index contributed by atoms with van der Waals surface area (Å²) in [4.78, 5) is 3.97. The molecule has 1 saturated heterocycles. The second-order valence-corrected chi connectivity index (χ2v) is 7.90. The Labute approximate surface area is 132 Å². The molecule has 2 heterocycles. The molecule has 0 radical (unpaired) electrons. The molecule has 0 bridgehead atoms. The van der Waals surface area contributed by atoms with Crippen LogP contribution >= 0.6 is 11.3 Å². The number of nitrogens with zero attached hydrogens (tertiary/aromatic N) is 1. The number of ether oxygens (including phenoxy) is 1. The first-order valence-electron chi connectivity index (χ1n) is 8.23. The van der Waals surface area contributed by atoms with E-state index >= 15 is 0 Å². The van der Waals surface area contributed by atoms with Gasteiger partial charge in [-0.2, -0.15) is 0 Å². The molecule has 1 aromatic heterocycles. The van der Waals surface area contributed by atoms with Crippen molar-refractivity contribution in [1.29, 1.82) is 0 Å². The normalized spacial score (nSPS) is 28.0. The Bertz CT molecular complexity index is 424. The lowest BCUT2D eigenvalue weighted by Gasteiger charge is -2.41. The summed E-state index contributed by atoms with van der Waals surface area (Å²) in [6.45, 7) is 6.39. The fourth-order valence-electron chi connectivity index (χ4n) is 3.29. The van der Waals surface area contributed by atoms with Crippen LogP contribution in [0.2, 0.25) is 0 Å². The van der Waals surface area contributed by atoms with Gasteiger partial charge in [0.05, 0.1) is 6.61 Å². The fourth-order valence-corrected chi connectivity index (χ4v) is 4.14. The third-order valence-electron chi connectivity index (χ3n) is 4.95. The predicted octanol–water partition coefficient (Wildman–Crippen LogP) is 3.29. The molecule has 118 valence electrons. The molecule has 4 heteroatoms. The zero-order valence-electron chi connectivity index (χ0n) is 13.3. The Kier molecular flexibility index (Phi) is 4.99. The van der Waals surface area contributed by atoms with Gasteiger partial charge in [-0.15, -0.1) is 11.3 Å². The second kappa shape index (κ2) is 6.78. The molecule has 1 saturated carbocycles. The Morgan fingerprint density at radius 1 is 1.52 bits per heavy atom. The average Bonchev–Trinajstić information content (AvgIpc) is 3.17. The van der Waals surface area contributed by atoms with Crippen molar-refractivity contribution in [3.8, 4) is 0 Å². The lowest BCUT2D eigenvalue weighted by atomic mass is 9.81. The smallest absolute Gasteiger partial charge is 0.0546 e. The molecule has 3 nitrogen and oxygen atoms in total. The summed E-state index contributed by atoms with van der Waals surface area (Å²) in [5, 5.41) is 5.92. The van der Waals surface area contributed by atoms with Gasteiger partial charge in [0.15, 0.2) is 0 Å². The van der Waals surface area contributed by atoms with E-state index in [0.29, 0.717) is 11.5 Å². The number of hydrogen-bond donors (Lipinski definition) is 1. The molecule has 21 heavy (non-hydrogen) atoms. The molecule has 2 atom stereocenters. The maximum atomic E-state index is 5.85. The average molecular weight is 308 g/mol. The predicted molar refractivity (Wildman–Crippen MR) is 88.9 cm³/mol. The molecule has 0 amide bonds. The van der Waals surface area contributed by atoms with Gasteiger partial charge in [0, 0.05) is 42.1 Å². The topological polar surface area (TPSA) is 24.5 Å². The summed E-state index contributed by atoms with van der Waals surface area (Å²) < 4.78 is 5.85. The van der Waals surface area contributed by atoms with E-state index in [9.17, 15) is 0 Å². The molecule has 2 unspecified atom stereocenters. The maximum Gasteiger partial charge on any atom is 0.0546 e. The van der Waals surface area contributed by atoms with Crippen molar-refractivity contribution in [3.63, 3.8) is 0 Å². The molecule has 0 aromatic carbocycles. The maximum absolute atomic E-state index is 5.85. The van der Waals surface area contributed by atoms with Crippen molar-refractivity contribution in [3.05, 3.63) is 22.4 Å². The van der Waals surface area contributed by atoms with Crippen molar-refractivity contribution >= 4 is 11.3 Å². The van der Waals surface area contributed by atoms with Crippen LogP contribution < -0.4 is 5.32 Å². The van der Waals surface area contributed by atoms with Crippen LogP contribution in [0.3, 0.4) is 0 Å². The van der Waals surface area contributed by atoms with Crippen molar-refractivity contribution in [1.82, 2.24) is 10.2 Å². The molecule has 1 N–H and O–H groups in total. The Morgan fingerprint density at radius 3 is 3.00 bits per heavy atom. The molecule has 1 aliphatic carbocycles. The minimum absolute atomic E-state index is 0.293. The molecule has 2 fully saturated rings. The van der Waals surface area contributed by atoms with E-state index in [1.807, 2.05) is 11.3 Å². The van der Waals surface area contributed by atoms with E-state index in [4.69, 9.17) is 4.74 Å². The van der Waals surface area contributed by atoms with Gasteiger partial charge in [0.1, 0.15) is 0 Å². The number of thiophene rings is 1. The third kappa shape index (κ3) is 4.07. The van der Waals surface area contributed by atoms with Gasteiger partial charge in [-0.3, -0.25) is 4.90 Å². The Balaban J connectivity index is 1.61. The zero-order chi connectivity index (χ0) is 14.7. The first kappa shape index (κ1) is 15.5. The van der Waals surface area contributed by atoms with Crippen molar-refractivity contribution in [2.75, 3.05) is 33.4 Å². The standard InChI is InChI=1S/C17H28N2OS/c1-14(16-5-3-10-21-16)19(2)12-17(8-4-9-20-13-17)11-18-15-6-7-15/h3,5,10,14-15,18H,4,6-9,11-13H2,1-2H3. The summed E-state index contributed by atoms with van der Waals surface area (Å²) >= 11 is 1.86. The van der Waals surface area contributed by atoms with Crippen LogP contribution in [0.1, 0.15) is 43.5 Å². The Morgan fingerprint density at radius 2 is 2.38 bits per heavy atom. The third-order valence-corrected chi connectivity index (χ3v) is 5.99. The van der Waals surface area contributed by atoms with Gasteiger partial charge in [-0.1, -0.05) is 6.07 Å². The highest BCUT2D eigenvalue weighted by Gasteiger charge is 2.36. The summed E-state index contributed by atoms with van der Waals surface area (Å²) in [6.07, 6.45) is 5.21. The van der Waals surface area contributed by atoms with Crippen LogP contribution in [-0.4, -0.2) is 44.3 Å². The molecule has 0 spiro atoms. The monoisotopic (exact) mass is 308 g/mol. The second-order valence-electron chi connectivity index (χ2n) is 6.92. The van der Waals surface area contributed by atoms with E-state index in [1.54, 1.807) is 0 Å².